The highest BCUT2D eigenvalue weighted by molar-refractivity contribution is 7.09. The Balaban J connectivity index is 1.71. The van der Waals surface area contributed by atoms with Crippen molar-refractivity contribution in [1.29, 1.82) is 0 Å². The second-order valence-corrected chi connectivity index (χ2v) is 7.63. The van der Waals surface area contributed by atoms with Gasteiger partial charge >= 0.3 is 0 Å². The van der Waals surface area contributed by atoms with E-state index in [0.717, 1.165) is 36.0 Å². The minimum Gasteiger partial charge on any atom is -0.347 e. The van der Waals surface area contributed by atoms with Gasteiger partial charge in [0.2, 0.25) is 11.8 Å². The molecule has 2 atom stereocenters. The van der Waals surface area contributed by atoms with E-state index in [-0.39, 0.29) is 35.8 Å². The minimum atomic E-state index is -0.586. The van der Waals surface area contributed by atoms with Crippen LogP contribution in [0.2, 0.25) is 0 Å². The van der Waals surface area contributed by atoms with Gasteiger partial charge in [-0.15, -0.1) is 11.3 Å². The van der Waals surface area contributed by atoms with E-state index < -0.39 is 11.6 Å². The number of hydrogen-bond donors (Lipinski definition) is 1. The summed E-state index contributed by atoms with van der Waals surface area (Å²) in [5, 5.41) is 5.60. The molecule has 1 aliphatic heterocycles. The lowest BCUT2D eigenvalue weighted by molar-refractivity contribution is -0.132. The van der Waals surface area contributed by atoms with Crippen molar-refractivity contribution >= 4 is 23.2 Å². The van der Waals surface area contributed by atoms with Crippen LogP contribution in [0.5, 0.6) is 0 Å². The van der Waals surface area contributed by atoms with Crippen molar-refractivity contribution < 1.29 is 18.4 Å². The molecule has 1 saturated heterocycles. The molecular formula is C19H21F2N3O2S. The van der Waals surface area contributed by atoms with Crippen LogP contribution in [0.4, 0.5) is 8.78 Å². The van der Waals surface area contributed by atoms with E-state index in [1.54, 1.807) is 11.1 Å². The van der Waals surface area contributed by atoms with Crippen LogP contribution < -0.4 is 5.32 Å². The van der Waals surface area contributed by atoms with Gasteiger partial charge in [-0.2, -0.15) is 0 Å². The molecule has 2 amide bonds. The summed E-state index contributed by atoms with van der Waals surface area (Å²) in [6.45, 7) is 2.47. The molecule has 5 nitrogen and oxygen atoms in total. The van der Waals surface area contributed by atoms with Gasteiger partial charge in [0.15, 0.2) is 0 Å². The Morgan fingerprint density at radius 2 is 2.22 bits per heavy atom. The Bertz CT molecular complexity index is 813. The third-order valence-corrected chi connectivity index (χ3v) is 5.57. The number of halogens is 2. The van der Waals surface area contributed by atoms with Crippen LogP contribution in [-0.2, 0) is 16.0 Å². The highest BCUT2D eigenvalue weighted by Crippen LogP contribution is 2.31. The number of thiazole rings is 1. The topological polar surface area (TPSA) is 62.3 Å². The zero-order chi connectivity index (χ0) is 19.4. The molecule has 1 fully saturated rings. The first-order chi connectivity index (χ1) is 12.9. The standard InChI is InChI=1S/C19H21F2N3O2S/c1-12(25)23-18(19-22-6-8-27-19)13-3-2-7-24(11-13)17(26)10-14-9-15(20)4-5-16(14)21/h4-6,8-9,13,18H,2-3,7,10-11H2,1H3,(H,23,25). The minimum absolute atomic E-state index is 0.0232. The fourth-order valence-corrected chi connectivity index (χ4v) is 4.23. The fourth-order valence-electron chi connectivity index (χ4n) is 3.45. The molecule has 3 rings (SSSR count). The predicted octanol–water partition coefficient (Wildman–Crippen LogP) is 3.08. The number of nitrogens with one attached hydrogen (secondary N) is 1. The quantitative estimate of drug-likeness (QED) is 0.849. The van der Waals surface area contributed by atoms with Crippen LogP contribution >= 0.6 is 11.3 Å². The zero-order valence-electron chi connectivity index (χ0n) is 15.0. The van der Waals surface area contributed by atoms with Gasteiger partial charge in [-0.25, -0.2) is 13.8 Å². The third kappa shape index (κ3) is 4.88. The van der Waals surface area contributed by atoms with Gasteiger partial charge in [-0.3, -0.25) is 9.59 Å². The van der Waals surface area contributed by atoms with Crippen molar-refractivity contribution in [3.05, 3.63) is 52.0 Å². The van der Waals surface area contributed by atoms with E-state index >= 15 is 0 Å². The molecule has 1 aliphatic rings. The predicted molar refractivity (Wildman–Crippen MR) is 98.0 cm³/mol. The van der Waals surface area contributed by atoms with Crippen LogP contribution in [0.1, 0.15) is 36.4 Å². The summed E-state index contributed by atoms with van der Waals surface area (Å²) in [5.74, 6) is -1.53. The molecule has 0 bridgehead atoms. The number of rotatable bonds is 5. The van der Waals surface area contributed by atoms with E-state index in [2.05, 4.69) is 10.3 Å². The number of carbonyl (C=O) groups is 2. The Hall–Kier alpha value is -2.35. The van der Waals surface area contributed by atoms with E-state index in [1.165, 1.54) is 18.3 Å². The largest absolute Gasteiger partial charge is 0.347 e. The summed E-state index contributed by atoms with van der Waals surface area (Å²) in [4.78, 5) is 30.3. The number of nitrogens with zero attached hydrogens (tertiary/aromatic N) is 2. The molecule has 144 valence electrons. The molecule has 1 aromatic heterocycles. The van der Waals surface area contributed by atoms with Crippen LogP contribution in [0.3, 0.4) is 0 Å². The lowest BCUT2D eigenvalue weighted by Crippen LogP contribution is -2.45. The number of likely N-dealkylation sites (tertiary alicyclic amines) is 1. The Morgan fingerprint density at radius 3 is 2.93 bits per heavy atom. The first-order valence-corrected chi connectivity index (χ1v) is 9.70. The zero-order valence-corrected chi connectivity index (χ0v) is 15.8. The highest BCUT2D eigenvalue weighted by atomic mass is 32.1. The summed E-state index contributed by atoms with van der Waals surface area (Å²) < 4.78 is 27.2. The third-order valence-electron chi connectivity index (χ3n) is 4.71. The number of piperidine rings is 1. The van der Waals surface area contributed by atoms with Gasteiger partial charge in [0.25, 0.3) is 0 Å². The molecule has 2 unspecified atom stereocenters. The second kappa shape index (κ2) is 8.56. The maximum atomic E-state index is 13.8. The highest BCUT2D eigenvalue weighted by Gasteiger charge is 2.32. The Morgan fingerprint density at radius 1 is 1.41 bits per heavy atom. The smallest absolute Gasteiger partial charge is 0.227 e. The summed E-state index contributed by atoms with van der Waals surface area (Å²) in [6.07, 6.45) is 3.14. The molecular weight excluding hydrogens is 372 g/mol. The van der Waals surface area contributed by atoms with Gasteiger partial charge < -0.3 is 10.2 Å². The van der Waals surface area contributed by atoms with Crippen molar-refractivity contribution in [3.63, 3.8) is 0 Å². The number of carbonyl (C=O) groups excluding carboxylic acids is 2. The first-order valence-electron chi connectivity index (χ1n) is 8.82. The summed E-state index contributed by atoms with van der Waals surface area (Å²) in [7, 11) is 0. The first kappa shape index (κ1) is 19.4. The second-order valence-electron chi connectivity index (χ2n) is 6.70. The van der Waals surface area contributed by atoms with Gasteiger partial charge in [0.05, 0.1) is 12.5 Å². The van der Waals surface area contributed by atoms with E-state index in [0.29, 0.717) is 13.1 Å². The number of amides is 2. The number of aromatic nitrogens is 1. The maximum absolute atomic E-state index is 13.8. The molecule has 0 spiro atoms. The average molecular weight is 393 g/mol. The van der Waals surface area contributed by atoms with Crippen molar-refractivity contribution in [3.8, 4) is 0 Å². The molecule has 0 saturated carbocycles. The molecule has 0 aliphatic carbocycles. The maximum Gasteiger partial charge on any atom is 0.227 e. The number of benzene rings is 1. The van der Waals surface area contributed by atoms with E-state index in [9.17, 15) is 18.4 Å². The summed E-state index contributed by atoms with van der Waals surface area (Å²) in [6, 6.07) is 2.87. The molecule has 8 heteroatoms. The lowest BCUT2D eigenvalue weighted by atomic mass is 9.90. The Labute approximate surface area is 160 Å². The van der Waals surface area contributed by atoms with E-state index in [4.69, 9.17) is 0 Å². The van der Waals surface area contributed by atoms with Crippen LogP contribution in [0.15, 0.2) is 29.8 Å². The molecule has 2 heterocycles. The van der Waals surface area contributed by atoms with Crippen LogP contribution in [0.25, 0.3) is 0 Å². The summed E-state index contributed by atoms with van der Waals surface area (Å²) in [5.41, 5.74) is 0.0560. The SMILES string of the molecule is CC(=O)NC(c1nccs1)C1CCCN(C(=O)Cc2cc(F)ccc2F)C1. The normalized spacial score (nSPS) is 18.2. The monoisotopic (exact) mass is 393 g/mol. The van der Waals surface area contributed by atoms with Crippen molar-refractivity contribution in [1.82, 2.24) is 15.2 Å². The molecule has 2 aromatic rings. The van der Waals surface area contributed by atoms with Crippen molar-refractivity contribution in [2.45, 2.75) is 32.2 Å². The van der Waals surface area contributed by atoms with Gasteiger partial charge in [-0.1, -0.05) is 0 Å². The van der Waals surface area contributed by atoms with Crippen LogP contribution in [-0.4, -0.2) is 34.8 Å². The molecule has 0 radical (unpaired) electrons. The fraction of sp³-hybridized carbons (Fsp3) is 0.421. The molecule has 1 aromatic carbocycles. The Kier molecular flexibility index (Phi) is 6.15. The van der Waals surface area contributed by atoms with Crippen molar-refractivity contribution in [2.24, 2.45) is 5.92 Å². The van der Waals surface area contributed by atoms with Gasteiger partial charge in [-0.05, 0) is 31.0 Å². The van der Waals surface area contributed by atoms with Gasteiger partial charge in [0, 0.05) is 43.1 Å². The molecule has 27 heavy (non-hydrogen) atoms. The van der Waals surface area contributed by atoms with Crippen LogP contribution in [0, 0.1) is 17.6 Å². The lowest BCUT2D eigenvalue weighted by Gasteiger charge is -2.36. The average Bonchev–Trinajstić information content (AvgIpc) is 3.17. The number of hydrogen-bond acceptors (Lipinski definition) is 4. The van der Waals surface area contributed by atoms with E-state index in [1.807, 2.05) is 5.38 Å². The van der Waals surface area contributed by atoms with Gasteiger partial charge in [0.1, 0.15) is 16.6 Å². The summed E-state index contributed by atoms with van der Waals surface area (Å²) >= 11 is 1.46. The van der Waals surface area contributed by atoms with Crippen molar-refractivity contribution in [2.75, 3.05) is 13.1 Å². The molecule has 1 N–H and O–H groups in total.